The predicted octanol–water partition coefficient (Wildman–Crippen LogP) is 1.93. The predicted molar refractivity (Wildman–Crippen MR) is 63.8 cm³/mol. The number of nitro groups is 1. The van der Waals surface area contributed by atoms with Crippen molar-refractivity contribution in [1.29, 1.82) is 0 Å². The van der Waals surface area contributed by atoms with Crippen LogP contribution in [-0.4, -0.2) is 24.9 Å². The van der Waals surface area contributed by atoms with Gasteiger partial charge in [-0.3, -0.25) is 0 Å². The summed E-state index contributed by atoms with van der Waals surface area (Å²) in [5.41, 5.74) is 0.765. The van der Waals surface area contributed by atoms with Gasteiger partial charge in [0.2, 0.25) is 5.82 Å². The van der Waals surface area contributed by atoms with E-state index in [-0.39, 0.29) is 11.6 Å². The van der Waals surface area contributed by atoms with Crippen LogP contribution in [-0.2, 0) is 0 Å². The first kappa shape index (κ1) is 10.3. The fourth-order valence-corrected chi connectivity index (χ4v) is 1.60. The maximum atomic E-state index is 10.6. The SMILES string of the molecule is O=[N+]([O-])c1cnc(-c2ncc3ccccc3n2)[nH]1. The molecule has 0 atom stereocenters. The molecule has 0 spiro atoms. The minimum Gasteiger partial charge on any atom is -0.358 e. The van der Waals surface area contributed by atoms with E-state index in [2.05, 4.69) is 19.9 Å². The first-order valence-electron chi connectivity index (χ1n) is 5.15. The van der Waals surface area contributed by atoms with Gasteiger partial charge in [0.05, 0.1) is 5.52 Å². The normalized spacial score (nSPS) is 10.7. The largest absolute Gasteiger partial charge is 0.358 e. The summed E-state index contributed by atoms with van der Waals surface area (Å²) in [6.07, 6.45) is 2.81. The van der Waals surface area contributed by atoms with Gasteiger partial charge in [-0.05, 0) is 11.0 Å². The molecule has 0 saturated heterocycles. The lowest BCUT2D eigenvalue weighted by atomic mass is 10.2. The second-order valence-electron chi connectivity index (χ2n) is 3.63. The molecule has 18 heavy (non-hydrogen) atoms. The molecule has 0 aliphatic rings. The van der Waals surface area contributed by atoms with E-state index in [4.69, 9.17) is 0 Å². The van der Waals surface area contributed by atoms with Crippen molar-refractivity contribution in [2.24, 2.45) is 0 Å². The lowest BCUT2D eigenvalue weighted by Crippen LogP contribution is -1.92. The summed E-state index contributed by atoms with van der Waals surface area (Å²) in [5, 5.41) is 11.5. The summed E-state index contributed by atoms with van der Waals surface area (Å²) < 4.78 is 0. The summed E-state index contributed by atoms with van der Waals surface area (Å²) in [6, 6.07) is 7.49. The van der Waals surface area contributed by atoms with Crippen molar-refractivity contribution >= 4 is 16.7 Å². The Morgan fingerprint density at radius 2 is 2.00 bits per heavy atom. The zero-order chi connectivity index (χ0) is 12.5. The number of rotatable bonds is 2. The van der Waals surface area contributed by atoms with Crippen molar-refractivity contribution in [2.45, 2.75) is 0 Å². The van der Waals surface area contributed by atoms with Crippen molar-refractivity contribution in [2.75, 3.05) is 0 Å². The molecular formula is C11H7N5O2. The number of hydrogen-bond acceptors (Lipinski definition) is 5. The molecule has 0 radical (unpaired) electrons. The summed E-state index contributed by atoms with van der Waals surface area (Å²) in [7, 11) is 0. The lowest BCUT2D eigenvalue weighted by molar-refractivity contribution is -0.389. The third kappa shape index (κ3) is 1.67. The lowest BCUT2D eigenvalue weighted by Gasteiger charge is -1.97. The number of fused-ring (bicyclic) bond motifs is 1. The summed E-state index contributed by atoms with van der Waals surface area (Å²) in [5.74, 6) is 0.441. The molecule has 2 aromatic heterocycles. The number of hydrogen-bond donors (Lipinski definition) is 1. The zero-order valence-electron chi connectivity index (χ0n) is 9.07. The van der Waals surface area contributed by atoms with E-state index in [1.807, 2.05) is 24.3 Å². The van der Waals surface area contributed by atoms with E-state index in [9.17, 15) is 10.1 Å². The van der Waals surface area contributed by atoms with E-state index >= 15 is 0 Å². The van der Waals surface area contributed by atoms with E-state index in [0.717, 1.165) is 17.1 Å². The van der Waals surface area contributed by atoms with Gasteiger partial charge in [0, 0.05) is 11.6 Å². The average molecular weight is 241 g/mol. The van der Waals surface area contributed by atoms with Crippen LogP contribution in [0.25, 0.3) is 22.6 Å². The first-order chi connectivity index (χ1) is 8.74. The Kier molecular flexibility index (Phi) is 2.23. The fourth-order valence-electron chi connectivity index (χ4n) is 1.60. The number of benzene rings is 1. The van der Waals surface area contributed by atoms with Gasteiger partial charge in [-0.15, -0.1) is 0 Å². The van der Waals surface area contributed by atoms with Crippen LogP contribution in [0.2, 0.25) is 0 Å². The molecule has 0 aliphatic carbocycles. The minimum absolute atomic E-state index is 0.179. The molecule has 7 heteroatoms. The molecule has 2 heterocycles. The summed E-state index contributed by atoms with van der Waals surface area (Å²) in [4.78, 5) is 24.9. The Morgan fingerprint density at radius 1 is 1.17 bits per heavy atom. The Morgan fingerprint density at radius 3 is 2.78 bits per heavy atom. The Hall–Kier alpha value is -2.83. The molecule has 1 aromatic carbocycles. The van der Waals surface area contributed by atoms with Gasteiger partial charge in [-0.2, -0.15) is 0 Å². The van der Waals surface area contributed by atoms with Gasteiger partial charge in [0.15, 0.2) is 0 Å². The number of aromatic nitrogens is 4. The summed E-state index contributed by atoms with van der Waals surface area (Å²) in [6.45, 7) is 0. The molecule has 0 amide bonds. The number of para-hydroxylation sites is 1. The van der Waals surface area contributed by atoms with Gasteiger partial charge < -0.3 is 10.1 Å². The maximum Gasteiger partial charge on any atom is 0.341 e. The molecule has 88 valence electrons. The molecule has 7 nitrogen and oxygen atoms in total. The topological polar surface area (TPSA) is 97.6 Å². The Labute approximate surface area is 101 Å². The van der Waals surface area contributed by atoms with Gasteiger partial charge in [-0.25, -0.2) is 19.9 Å². The van der Waals surface area contributed by atoms with Crippen LogP contribution >= 0.6 is 0 Å². The van der Waals surface area contributed by atoms with Crippen molar-refractivity contribution in [3.05, 3.63) is 46.8 Å². The number of nitrogens with one attached hydrogen (secondary N) is 1. The Bertz CT molecular complexity index is 737. The van der Waals surface area contributed by atoms with Gasteiger partial charge in [-0.1, -0.05) is 18.2 Å². The van der Waals surface area contributed by atoms with Crippen LogP contribution in [0, 0.1) is 10.1 Å². The van der Waals surface area contributed by atoms with Crippen molar-refractivity contribution in [3.8, 4) is 11.6 Å². The molecule has 0 unspecified atom stereocenters. The quantitative estimate of drug-likeness (QED) is 0.546. The van der Waals surface area contributed by atoms with Crippen LogP contribution in [0.4, 0.5) is 5.82 Å². The number of nitrogens with zero attached hydrogens (tertiary/aromatic N) is 4. The maximum absolute atomic E-state index is 10.6. The number of H-pyrrole nitrogens is 1. The molecule has 3 aromatic rings. The minimum atomic E-state index is -0.544. The van der Waals surface area contributed by atoms with Crippen LogP contribution < -0.4 is 0 Å². The highest BCUT2D eigenvalue weighted by atomic mass is 16.6. The fraction of sp³-hybridized carbons (Fsp3) is 0. The van der Waals surface area contributed by atoms with Crippen molar-refractivity contribution < 1.29 is 4.92 Å². The van der Waals surface area contributed by atoms with Crippen LogP contribution in [0.5, 0.6) is 0 Å². The van der Waals surface area contributed by atoms with Gasteiger partial charge >= 0.3 is 5.82 Å². The average Bonchev–Trinajstić information content (AvgIpc) is 2.88. The third-order valence-corrected chi connectivity index (χ3v) is 2.46. The monoisotopic (exact) mass is 241 g/mol. The standard InChI is InChI=1S/C11H7N5O2/c17-16(18)9-6-13-11(15-9)10-12-5-7-3-1-2-4-8(7)14-10/h1-6H,(H,13,15). The number of imidazole rings is 1. The molecule has 1 N–H and O–H groups in total. The highest BCUT2D eigenvalue weighted by Gasteiger charge is 2.14. The first-order valence-corrected chi connectivity index (χ1v) is 5.15. The number of aromatic amines is 1. The summed E-state index contributed by atoms with van der Waals surface area (Å²) >= 11 is 0. The zero-order valence-corrected chi connectivity index (χ0v) is 9.07. The molecule has 0 aliphatic heterocycles. The molecular weight excluding hydrogens is 234 g/mol. The highest BCUT2D eigenvalue weighted by Crippen LogP contribution is 2.17. The Balaban J connectivity index is 2.10. The van der Waals surface area contributed by atoms with Crippen LogP contribution in [0.1, 0.15) is 0 Å². The van der Waals surface area contributed by atoms with Crippen molar-refractivity contribution in [3.63, 3.8) is 0 Å². The van der Waals surface area contributed by atoms with E-state index in [1.165, 1.54) is 0 Å². The molecule has 0 saturated carbocycles. The molecule has 0 fully saturated rings. The second-order valence-corrected chi connectivity index (χ2v) is 3.63. The smallest absolute Gasteiger partial charge is 0.341 e. The second kappa shape index (κ2) is 3.88. The van der Waals surface area contributed by atoms with E-state index < -0.39 is 4.92 Å². The van der Waals surface area contributed by atoms with E-state index in [0.29, 0.717) is 5.82 Å². The molecule has 0 bridgehead atoms. The molecule has 3 rings (SSSR count). The van der Waals surface area contributed by atoms with Crippen LogP contribution in [0.15, 0.2) is 36.7 Å². The van der Waals surface area contributed by atoms with Crippen LogP contribution in [0.3, 0.4) is 0 Å². The highest BCUT2D eigenvalue weighted by molar-refractivity contribution is 5.78. The van der Waals surface area contributed by atoms with Gasteiger partial charge in [0.25, 0.3) is 5.82 Å². The van der Waals surface area contributed by atoms with Crippen molar-refractivity contribution in [1.82, 2.24) is 19.9 Å². The third-order valence-electron chi connectivity index (χ3n) is 2.46. The van der Waals surface area contributed by atoms with Gasteiger partial charge in [0.1, 0.15) is 6.20 Å². The van der Waals surface area contributed by atoms with E-state index in [1.54, 1.807) is 6.20 Å².